The van der Waals surface area contributed by atoms with Crippen LogP contribution < -0.4 is 16.8 Å². The first-order valence-corrected chi connectivity index (χ1v) is 6.59. The zero-order chi connectivity index (χ0) is 14.7. The van der Waals surface area contributed by atoms with E-state index in [4.69, 9.17) is 11.5 Å². The van der Waals surface area contributed by atoms with Crippen molar-refractivity contribution in [1.29, 1.82) is 0 Å². The minimum atomic E-state index is -0.631. The van der Waals surface area contributed by atoms with E-state index in [-0.39, 0.29) is 17.3 Å². The lowest BCUT2D eigenvalue weighted by atomic mass is 10.2. The number of primary amides is 1. The lowest BCUT2D eigenvalue weighted by Gasteiger charge is -2.22. The number of hydrogen-bond acceptors (Lipinski definition) is 5. The maximum absolute atomic E-state index is 12.2. The van der Waals surface area contributed by atoms with Crippen molar-refractivity contribution in [3.05, 3.63) is 17.8 Å². The SMILES string of the molecule is CC(Nc1ncc(N)cc1C(N)=O)C(=O)N1CCCC1. The Labute approximate surface area is 117 Å². The van der Waals surface area contributed by atoms with Crippen LogP contribution in [0.5, 0.6) is 0 Å². The molecule has 7 heteroatoms. The minimum Gasteiger partial charge on any atom is -0.397 e. The summed E-state index contributed by atoms with van der Waals surface area (Å²) in [4.78, 5) is 29.4. The Bertz CT molecular complexity index is 525. The molecule has 1 aliphatic rings. The summed E-state index contributed by atoms with van der Waals surface area (Å²) in [5.74, 6) is -0.351. The van der Waals surface area contributed by atoms with Crippen LogP contribution in [0, 0.1) is 0 Å². The van der Waals surface area contributed by atoms with Crippen molar-refractivity contribution >= 4 is 23.3 Å². The number of likely N-dealkylation sites (tertiary alicyclic amines) is 1. The van der Waals surface area contributed by atoms with Gasteiger partial charge in [-0.05, 0) is 25.8 Å². The highest BCUT2D eigenvalue weighted by atomic mass is 16.2. The fourth-order valence-electron chi connectivity index (χ4n) is 2.26. The number of aromatic nitrogens is 1. The Balaban J connectivity index is 2.12. The van der Waals surface area contributed by atoms with Crippen LogP contribution in [0.2, 0.25) is 0 Å². The molecular weight excluding hydrogens is 258 g/mol. The van der Waals surface area contributed by atoms with E-state index < -0.39 is 11.9 Å². The number of pyridine rings is 1. The Morgan fingerprint density at radius 1 is 1.40 bits per heavy atom. The number of nitrogens with one attached hydrogen (secondary N) is 1. The van der Waals surface area contributed by atoms with Gasteiger partial charge in [0.1, 0.15) is 11.9 Å². The van der Waals surface area contributed by atoms with Crippen molar-refractivity contribution in [1.82, 2.24) is 9.88 Å². The second-order valence-corrected chi connectivity index (χ2v) is 4.93. The smallest absolute Gasteiger partial charge is 0.252 e. The van der Waals surface area contributed by atoms with Crippen molar-refractivity contribution < 1.29 is 9.59 Å². The summed E-state index contributed by atoms with van der Waals surface area (Å²) < 4.78 is 0. The zero-order valence-electron chi connectivity index (χ0n) is 11.4. The molecule has 7 nitrogen and oxygen atoms in total. The molecule has 5 N–H and O–H groups in total. The maximum atomic E-state index is 12.2. The lowest BCUT2D eigenvalue weighted by molar-refractivity contribution is -0.130. The predicted octanol–water partition coefficient (Wildman–Crippen LogP) is 0.186. The summed E-state index contributed by atoms with van der Waals surface area (Å²) in [6.45, 7) is 3.30. The molecule has 0 bridgehead atoms. The number of anilines is 2. The summed E-state index contributed by atoms with van der Waals surface area (Å²) in [7, 11) is 0. The van der Waals surface area contributed by atoms with E-state index in [1.165, 1.54) is 12.3 Å². The van der Waals surface area contributed by atoms with Crippen molar-refractivity contribution in [2.24, 2.45) is 5.73 Å². The van der Waals surface area contributed by atoms with Crippen LogP contribution in [0.25, 0.3) is 0 Å². The van der Waals surface area contributed by atoms with Crippen LogP contribution in [0.15, 0.2) is 12.3 Å². The van der Waals surface area contributed by atoms with Gasteiger partial charge in [-0.1, -0.05) is 0 Å². The molecule has 1 fully saturated rings. The summed E-state index contributed by atoms with van der Waals surface area (Å²) >= 11 is 0. The minimum absolute atomic E-state index is 0.00320. The molecule has 1 atom stereocenters. The number of hydrogen-bond donors (Lipinski definition) is 3. The molecular formula is C13H19N5O2. The molecule has 0 aromatic carbocycles. The fourth-order valence-corrected chi connectivity index (χ4v) is 2.26. The van der Waals surface area contributed by atoms with Crippen LogP contribution in [0.1, 0.15) is 30.1 Å². The topological polar surface area (TPSA) is 114 Å². The van der Waals surface area contributed by atoms with Gasteiger partial charge in [-0.2, -0.15) is 0 Å². The number of amides is 2. The molecule has 0 aliphatic carbocycles. The van der Waals surface area contributed by atoms with E-state index in [1.54, 1.807) is 11.8 Å². The van der Waals surface area contributed by atoms with Gasteiger partial charge in [0.05, 0.1) is 17.4 Å². The van der Waals surface area contributed by atoms with Gasteiger partial charge >= 0.3 is 0 Å². The van der Waals surface area contributed by atoms with E-state index in [2.05, 4.69) is 10.3 Å². The van der Waals surface area contributed by atoms with Gasteiger partial charge < -0.3 is 21.7 Å². The Morgan fingerprint density at radius 2 is 2.05 bits per heavy atom. The molecule has 1 aromatic rings. The number of carbonyl (C=O) groups excluding carboxylic acids is 2. The third kappa shape index (κ3) is 2.98. The van der Waals surface area contributed by atoms with Gasteiger partial charge in [0.15, 0.2) is 0 Å². The molecule has 0 saturated carbocycles. The standard InChI is InChI=1S/C13H19N5O2/c1-8(13(20)18-4-2-3-5-18)17-12-10(11(15)19)6-9(14)7-16-12/h6-8H,2-5,14H2,1H3,(H2,15,19)(H,16,17). The Hall–Kier alpha value is -2.31. The third-order valence-corrected chi connectivity index (χ3v) is 3.32. The zero-order valence-corrected chi connectivity index (χ0v) is 11.4. The third-order valence-electron chi connectivity index (χ3n) is 3.32. The van der Waals surface area contributed by atoms with Crippen LogP contribution in [-0.2, 0) is 4.79 Å². The van der Waals surface area contributed by atoms with Crippen molar-refractivity contribution in [2.75, 3.05) is 24.1 Å². The monoisotopic (exact) mass is 277 g/mol. The van der Waals surface area contributed by atoms with Crippen LogP contribution in [0.4, 0.5) is 11.5 Å². The first-order chi connectivity index (χ1) is 9.49. The summed E-state index contributed by atoms with van der Waals surface area (Å²) in [5.41, 5.74) is 11.4. The second-order valence-electron chi connectivity index (χ2n) is 4.93. The summed E-state index contributed by atoms with van der Waals surface area (Å²) in [6.07, 6.45) is 3.48. The molecule has 0 spiro atoms. The maximum Gasteiger partial charge on any atom is 0.252 e. The number of nitrogens with two attached hydrogens (primary N) is 2. The van der Waals surface area contributed by atoms with Gasteiger partial charge in [0.25, 0.3) is 5.91 Å². The van der Waals surface area contributed by atoms with Gasteiger partial charge in [0, 0.05) is 13.1 Å². The number of nitrogens with zero attached hydrogens (tertiary/aromatic N) is 2. The van der Waals surface area contributed by atoms with Crippen molar-refractivity contribution in [2.45, 2.75) is 25.8 Å². The van der Waals surface area contributed by atoms with Gasteiger partial charge in [-0.15, -0.1) is 0 Å². The van der Waals surface area contributed by atoms with Gasteiger partial charge in [-0.3, -0.25) is 9.59 Å². The quantitative estimate of drug-likeness (QED) is 0.726. The number of carbonyl (C=O) groups is 2. The van der Waals surface area contributed by atoms with Crippen LogP contribution in [-0.4, -0.2) is 40.8 Å². The Kier molecular flexibility index (Phi) is 4.07. The average molecular weight is 277 g/mol. The molecule has 0 radical (unpaired) electrons. The first kappa shape index (κ1) is 14.1. The van der Waals surface area contributed by atoms with Gasteiger partial charge in [0.2, 0.25) is 5.91 Å². The molecule has 2 heterocycles. The Morgan fingerprint density at radius 3 is 2.65 bits per heavy atom. The highest BCUT2D eigenvalue weighted by molar-refractivity contribution is 5.99. The predicted molar refractivity (Wildman–Crippen MR) is 76.1 cm³/mol. The molecule has 108 valence electrons. The van der Waals surface area contributed by atoms with Gasteiger partial charge in [-0.25, -0.2) is 4.98 Å². The molecule has 1 saturated heterocycles. The number of nitrogen functional groups attached to an aromatic ring is 1. The van der Waals surface area contributed by atoms with E-state index >= 15 is 0 Å². The lowest BCUT2D eigenvalue weighted by Crippen LogP contribution is -2.40. The number of rotatable bonds is 4. The molecule has 2 rings (SSSR count). The molecule has 20 heavy (non-hydrogen) atoms. The molecule has 1 aliphatic heterocycles. The van der Waals surface area contributed by atoms with E-state index in [0.717, 1.165) is 25.9 Å². The summed E-state index contributed by atoms with van der Waals surface area (Å²) in [6, 6.07) is 0.979. The molecule has 1 unspecified atom stereocenters. The normalized spacial score (nSPS) is 15.9. The van der Waals surface area contributed by atoms with E-state index in [0.29, 0.717) is 5.69 Å². The van der Waals surface area contributed by atoms with E-state index in [1.807, 2.05) is 0 Å². The van der Waals surface area contributed by atoms with Crippen molar-refractivity contribution in [3.63, 3.8) is 0 Å². The largest absolute Gasteiger partial charge is 0.397 e. The highest BCUT2D eigenvalue weighted by Crippen LogP contribution is 2.17. The molecule has 1 aromatic heterocycles. The van der Waals surface area contributed by atoms with Crippen LogP contribution in [0.3, 0.4) is 0 Å². The second kappa shape index (κ2) is 5.77. The van der Waals surface area contributed by atoms with E-state index in [9.17, 15) is 9.59 Å². The first-order valence-electron chi connectivity index (χ1n) is 6.59. The molecule has 2 amide bonds. The van der Waals surface area contributed by atoms with Crippen molar-refractivity contribution in [3.8, 4) is 0 Å². The average Bonchev–Trinajstić information content (AvgIpc) is 2.93. The highest BCUT2D eigenvalue weighted by Gasteiger charge is 2.24. The summed E-state index contributed by atoms with van der Waals surface area (Å²) in [5, 5.41) is 2.94. The van der Waals surface area contributed by atoms with Crippen LogP contribution >= 0.6 is 0 Å². The fraction of sp³-hybridized carbons (Fsp3) is 0.462.